The summed E-state index contributed by atoms with van der Waals surface area (Å²) in [5.41, 5.74) is 0.935. The molecule has 8 heteroatoms. The van der Waals surface area contributed by atoms with E-state index in [1.165, 1.54) is 38.5 Å². The molecule has 0 radical (unpaired) electrons. The van der Waals surface area contributed by atoms with Crippen LogP contribution in [0.15, 0.2) is 42.0 Å². The first-order valence-electron chi connectivity index (χ1n) is 9.34. The van der Waals surface area contributed by atoms with Crippen molar-refractivity contribution in [3.63, 3.8) is 0 Å². The first-order chi connectivity index (χ1) is 14.5. The van der Waals surface area contributed by atoms with Gasteiger partial charge in [0.05, 0.1) is 19.9 Å². The van der Waals surface area contributed by atoms with Gasteiger partial charge in [-0.25, -0.2) is 4.39 Å². The van der Waals surface area contributed by atoms with E-state index < -0.39 is 5.91 Å². The lowest BCUT2D eigenvalue weighted by Gasteiger charge is -2.36. The van der Waals surface area contributed by atoms with Gasteiger partial charge in [-0.15, -0.1) is 0 Å². The summed E-state index contributed by atoms with van der Waals surface area (Å²) in [5.74, 6) is -0.527. The van der Waals surface area contributed by atoms with E-state index in [4.69, 9.17) is 9.47 Å². The summed E-state index contributed by atoms with van der Waals surface area (Å²) in [7, 11) is 2.79. The third-order valence-electron chi connectivity index (χ3n) is 4.92. The van der Waals surface area contributed by atoms with E-state index in [-0.39, 0.29) is 28.6 Å². The van der Waals surface area contributed by atoms with Crippen LogP contribution in [0.25, 0.3) is 6.08 Å². The number of rotatable bonds is 5. The zero-order valence-corrected chi connectivity index (χ0v) is 16.8. The van der Waals surface area contributed by atoms with Crippen LogP contribution in [0.2, 0.25) is 0 Å². The van der Waals surface area contributed by atoms with E-state index >= 15 is 0 Å². The Morgan fingerprint density at radius 3 is 2.27 bits per heavy atom. The van der Waals surface area contributed by atoms with Gasteiger partial charge in [-0.1, -0.05) is 12.1 Å². The molecule has 0 aromatic heterocycles. The summed E-state index contributed by atoms with van der Waals surface area (Å²) in [4.78, 5) is 16.3. The summed E-state index contributed by atoms with van der Waals surface area (Å²) in [6, 6.07) is 11.5. The number of anilines is 1. The predicted octanol–water partition coefficient (Wildman–Crippen LogP) is 2.80. The molecular weight excluding hydrogens is 389 g/mol. The van der Waals surface area contributed by atoms with Crippen molar-refractivity contribution in [3.05, 3.63) is 53.4 Å². The highest BCUT2D eigenvalue weighted by atomic mass is 19.1. The lowest BCUT2D eigenvalue weighted by molar-refractivity contribution is -0.126. The van der Waals surface area contributed by atoms with Crippen molar-refractivity contribution in [1.29, 1.82) is 5.26 Å². The van der Waals surface area contributed by atoms with Gasteiger partial charge in [0.25, 0.3) is 5.91 Å². The van der Waals surface area contributed by atoms with Gasteiger partial charge in [-0.05, 0) is 35.9 Å². The maximum Gasteiger partial charge on any atom is 0.264 e. The van der Waals surface area contributed by atoms with Crippen molar-refractivity contribution in [3.8, 4) is 23.3 Å². The standard InChI is InChI=1S/C22H22FN3O4/c1-29-19-12-15(13-20(30-2)21(19)27)11-16(14-24)22(28)26-9-7-25(8-10-26)18-6-4-3-5-17(18)23/h3-6,11-13,27H,7-10H2,1-2H3/b16-11+. The number of benzene rings is 2. The van der Waals surface area contributed by atoms with Crippen molar-refractivity contribution in [2.24, 2.45) is 0 Å². The first-order valence-corrected chi connectivity index (χ1v) is 9.34. The number of halogens is 1. The molecule has 0 aliphatic carbocycles. The summed E-state index contributed by atoms with van der Waals surface area (Å²) in [6.07, 6.45) is 1.43. The van der Waals surface area contributed by atoms with Crippen LogP contribution in [0.1, 0.15) is 5.56 Å². The Morgan fingerprint density at radius 1 is 1.13 bits per heavy atom. The minimum Gasteiger partial charge on any atom is -0.502 e. The Labute approximate surface area is 174 Å². The second kappa shape index (κ2) is 9.18. The SMILES string of the molecule is COc1cc(/C=C(\C#N)C(=O)N2CCN(c3ccccc3F)CC2)cc(OC)c1O. The zero-order chi connectivity index (χ0) is 21.7. The number of nitrogens with zero attached hydrogens (tertiary/aromatic N) is 3. The summed E-state index contributed by atoms with van der Waals surface area (Å²) in [6.45, 7) is 1.67. The highest BCUT2D eigenvalue weighted by Gasteiger charge is 2.25. The zero-order valence-electron chi connectivity index (χ0n) is 16.8. The number of phenolic OH excluding ortho intramolecular Hbond substituents is 1. The van der Waals surface area contributed by atoms with Crippen LogP contribution in [-0.4, -0.2) is 56.3 Å². The summed E-state index contributed by atoms with van der Waals surface area (Å²) < 4.78 is 24.2. The second-order valence-corrected chi connectivity index (χ2v) is 6.67. The fourth-order valence-corrected chi connectivity index (χ4v) is 3.33. The number of methoxy groups -OCH3 is 2. The van der Waals surface area contributed by atoms with Crippen LogP contribution in [0, 0.1) is 17.1 Å². The maximum atomic E-state index is 14.0. The molecule has 3 rings (SSSR count). The monoisotopic (exact) mass is 411 g/mol. The number of hydrogen-bond acceptors (Lipinski definition) is 6. The minimum absolute atomic E-state index is 0.0517. The van der Waals surface area contributed by atoms with E-state index in [1.807, 2.05) is 11.0 Å². The second-order valence-electron chi connectivity index (χ2n) is 6.67. The van der Waals surface area contributed by atoms with Crippen LogP contribution in [0.5, 0.6) is 17.2 Å². The largest absolute Gasteiger partial charge is 0.502 e. The van der Waals surface area contributed by atoms with Crippen LogP contribution in [0.4, 0.5) is 10.1 Å². The van der Waals surface area contributed by atoms with E-state index in [0.717, 1.165) is 0 Å². The van der Waals surface area contributed by atoms with E-state index in [9.17, 15) is 19.6 Å². The first kappa shape index (κ1) is 21.0. The number of para-hydroxylation sites is 1. The smallest absolute Gasteiger partial charge is 0.264 e. The Kier molecular flexibility index (Phi) is 6.42. The fraction of sp³-hybridized carbons (Fsp3) is 0.273. The lowest BCUT2D eigenvalue weighted by atomic mass is 10.1. The number of amides is 1. The van der Waals surface area contributed by atoms with Crippen molar-refractivity contribution in [2.45, 2.75) is 0 Å². The Balaban J connectivity index is 1.76. The third-order valence-corrected chi connectivity index (χ3v) is 4.92. The molecular formula is C22H22FN3O4. The Hall–Kier alpha value is -3.73. The number of ether oxygens (including phenoxy) is 2. The molecule has 1 heterocycles. The molecule has 1 aliphatic rings. The van der Waals surface area contributed by atoms with Crippen molar-refractivity contribution < 1.29 is 23.8 Å². The average Bonchev–Trinajstić information content (AvgIpc) is 2.78. The molecule has 7 nitrogen and oxygen atoms in total. The van der Waals surface area contributed by atoms with Crippen molar-refractivity contribution in [1.82, 2.24) is 4.90 Å². The van der Waals surface area contributed by atoms with Gasteiger partial charge in [0.2, 0.25) is 5.75 Å². The molecule has 0 bridgehead atoms. The summed E-state index contributed by atoms with van der Waals surface area (Å²) in [5, 5.41) is 19.5. The maximum absolute atomic E-state index is 14.0. The molecule has 1 amide bonds. The van der Waals surface area contributed by atoms with Crippen LogP contribution in [-0.2, 0) is 4.79 Å². The number of carbonyl (C=O) groups is 1. The Morgan fingerprint density at radius 2 is 1.73 bits per heavy atom. The lowest BCUT2D eigenvalue weighted by Crippen LogP contribution is -2.49. The molecule has 30 heavy (non-hydrogen) atoms. The molecule has 0 atom stereocenters. The van der Waals surface area contributed by atoms with Gasteiger partial charge in [0, 0.05) is 26.2 Å². The van der Waals surface area contributed by atoms with Gasteiger partial charge in [-0.3, -0.25) is 4.79 Å². The highest BCUT2D eigenvalue weighted by Crippen LogP contribution is 2.37. The predicted molar refractivity (Wildman–Crippen MR) is 110 cm³/mol. The van der Waals surface area contributed by atoms with Gasteiger partial charge in [0.1, 0.15) is 17.5 Å². The molecule has 156 valence electrons. The molecule has 0 saturated carbocycles. The van der Waals surface area contributed by atoms with Gasteiger partial charge < -0.3 is 24.4 Å². The molecule has 0 spiro atoms. The number of phenols is 1. The van der Waals surface area contributed by atoms with Gasteiger partial charge >= 0.3 is 0 Å². The molecule has 1 fully saturated rings. The summed E-state index contributed by atoms with van der Waals surface area (Å²) >= 11 is 0. The number of nitriles is 1. The van der Waals surface area contributed by atoms with Crippen molar-refractivity contribution in [2.75, 3.05) is 45.3 Å². The Bertz CT molecular complexity index is 983. The minimum atomic E-state index is -0.406. The highest BCUT2D eigenvalue weighted by molar-refractivity contribution is 6.02. The van der Waals surface area contributed by atoms with E-state index in [2.05, 4.69) is 0 Å². The fourth-order valence-electron chi connectivity index (χ4n) is 3.33. The topological polar surface area (TPSA) is 86.0 Å². The van der Waals surface area contributed by atoms with Crippen LogP contribution >= 0.6 is 0 Å². The van der Waals surface area contributed by atoms with Crippen molar-refractivity contribution >= 4 is 17.7 Å². The number of piperazine rings is 1. The molecule has 1 N–H and O–H groups in total. The van der Waals surface area contributed by atoms with Gasteiger partial charge in [0.15, 0.2) is 11.5 Å². The average molecular weight is 411 g/mol. The third kappa shape index (κ3) is 4.30. The molecule has 2 aromatic rings. The number of hydrogen-bond donors (Lipinski definition) is 1. The van der Waals surface area contributed by atoms with E-state index in [1.54, 1.807) is 23.1 Å². The normalized spacial score (nSPS) is 14.3. The van der Waals surface area contributed by atoms with Gasteiger partial charge in [-0.2, -0.15) is 5.26 Å². The molecule has 0 unspecified atom stereocenters. The number of aromatic hydroxyl groups is 1. The van der Waals surface area contributed by atoms with Crippen LogP contribution < -0.4 is 14.4 Å². The van der Waals surface area contributed by atoms with E-state index in [0.29, 0.717) is 37.4 Å². The van der Waals surface area contributed by atoms with Crippen LogP contribution in [0.3, 0.4) is 0 Å². The number of carbonyl (C=O) groups excluding carboxylic acids is 1. The quantitative estimate of drug-likeness (QED) is 0.602. The molecule has 2 aromatic carbocycles. The molecule has 1 saturated heterocycles. The molecule has 1 aliphatic heterocycles.